The van der Waals surface area contributed by atoms with Gasteiger partial charge in [0.05, 0.1) is 28.0 Å². The highest BCUT2D eigenvalue weighted by Crippen LogP contribution is 2.24. The SMILES string of the molecule is CN(Cc1nnc(-c2ccccc2)o1)C(=O)c1cc([N+](=O)[O-])cc([N+](=O)[O-])c1. The average Bonchev–Trinajstić information content (AvgIpc) is 3.16. The van der Waals surface area contributed by atoms with Gasteiger partial charge in [0.2, 0.25) is 11.8 Å². The lowest BCUT2D eigenvalue weighted by molar-refractivity contribution is -0.394. The summed E-state index contributed by atoms with van der Waals surface area (Å²) in [5, 5.41) is 29.7. The second kappa shape index (κ2) is 7.61. The van der Waals surface area contributed by atoms with Crippen LogP contribution in [0.4, 0.5) is 11.4 Å². The molecule has 3 rings (SSSR count). The zero-order valence-corrected chi connectivity index (χ0v) is 14.5. The summed E-state index contributed by atoms with van der Waals surface area (Å²) in [5.41, 5.74) is -0.569. The summed E-state index contributed by atoms with van der Waals surface area (Å²) in [6.45, 7) is -0.0742. The second-order valence-corrected chi connectivity index (χ2v) is 5.78. The number of non-ortho nitro benzene ring substituents is 2. The molecule has 0 saturated carbocycles. The van der Waals surface area contributed by atoms with Gasteiger partial charge in [-0.2, -0.15) is 0 Å². The van der Waals surface area contributed by atoms with Gasteiger partial charge in [0.25, 0.3) is 17.3 Å². The molecule has 0 unspecified atom stereocenters. The van der Waals surface area contributed by atoms with E-state index in [1.54, 1.807) is 12.1 Å². The minimum absolute atomic E-state index is 0.0742. The third-order valence-corrected chi connectivity index (χ3v) is 3.78. The molecule has 0 aliphatic rings. The van der Waals surface area contributed by atoms with E-state index in [2.05, 4.69) is 10.2 Å². The molecule has 11 heteroatoms. The summed E-state index contributed by atoms with van der Waals surface area (Å²) >= 11 is 0. The molecule has 0 N–H and O–H groups in total. The normalized spacial score (nSPS) is 10.5. The molecule has 3 aromatic rings. The van der Waals surface area contributed by atoms with Gasteiger partial charge in [-0.15, -0.1) is 10.2 Å². The topological polar surface area (TPSA) is 146 Å². The first-order chi connectivity index (χ1) is 13.3. The van der Waals surface area contributed by atoms with Crippen LogP contribution < -0.4 is 0 Å². The van der Waals surface area contributed by atoms with Crippen molar-refractivity contribution >= 4 is 17.3 Å². The molecule has 0 bridgehead atoms. The van der Waals surface area contributed by atoms with E-state index in [4.69, 9.17) is 4.42 Å². The van der Waals surface area contributed by atoms with Gasteiger partial charge >= 0.3 is 0 Å². The summed E-state index contributed by atoms with van der Waals surface area (Å²) in [6, 6.07) is 11.8. The van der Waals surface area contributed by atoms with Crippen LogP contribution in [0, 0.1) is 20.2 Å². The van der Waals surface area contributed by atoms with Gasteiger partial charge in [-0.1, -0.05) is 18.2 Å². The number of nitro benzene ring substituents is 2. The first kappa shape index (κ1) is 18.6. The fourth-order valence-electron chi connectivity index (χ4n) is 2.44. The minimum Gasteiger partial charge on any atom is -0.419 e. The smallest absolute Gasteiger partial charge is 0.277 e. The van der Waals surface area contributed by atoms with Crippen molar-refractivity contribution in [3.63, 3.8) is 0 Å². The Labute approximate surface area is 157 Å². The molecule has 28 heavy (non-hydrogen) atoms. The van der Waals surface area contributed by atoms with Gasteiger partial charge in [-0.05, 0) is 12.1 Å². The number of hydrogen-bond donors (Lipinski definition) is 0. The van der Waals surface area contributed by atoms with Gasteiger partial charge < -0.3 is 9.32 Å². The fraction of sp³-hybridized carbons (Fsp3) is 0.118. The molecule has 0 saturated heterocycles. The molecule has 0 aliphatic heterocycles. The largest absolute Gasteiger partial charge is 0.419 e. The van der Waals surface area contributed by atoms with Crippen molar-refractivity contribution in [2.24, 2.45) is 0 Å². The molecule has 0 aliphatic carbocycles. The molecule has 11 nitrogen and oxygen atoms in total. The van der Waals surface area contributed by atoms with E-state index in [0.29, 0.717) is 5.56 Å². The van der Waals surface area contributed by atoms with Crippen LogP contribution >= 0.6 is 0 Å². The Morgan fingerprint density at radius 2 is 1.64 bits per heavy atom. The van der Waals surface area contributed by atoms with Crippen molar-refractivity contribution in [3.8, 4) is 11.5 Å². The Morgan fingerprint density at radius 3 is 2.21 bits per heavy atom. The lowest BCUT2D eigenvalue weighted by Gasteiger charge is -2.14. The van der Waals surface area contributed by atoms with Crippen molar-refractivity contribution in [2.75, 3.05) is 7.05 Å². The lowest BCUT2D eigenvalue weighted by Crippen LogP contribution is -2.26. The molecule has 0 atom stereocenters. The molecule has 1 heterocycles. The summed E-state index contributed by atoms with van der Waals surface area (Å²) in [5.74, 6) is -0.233. The number of benzene rings is 2. The molecular weight excluding hydrogens is 370 g/mol. The van der Waals surface area contributed by atoms with Crippen LogP contribution in [-0.2, 0) is 6.54 Å². The van der Waals surface area contributed by atoms with Crippen LogP contribution in [0.15, 0.2) is 52.9 Å². The molecule has 1 aromatic heterocycles. The molecule has 2 aromatic carbocycles. The van der Waals surface area contributed by atoms with Crippen LogP contribution in [0.25, 0.3) is 11.5 Å². The maximum Gasteiger partial charge on any atom is 0.277 e. The van der Waals surface area contributed by atoms with E-state index in [-0.39, 0.29) is 23.9 Å². The van der Waals surface area contributed by atoms with Crippen molar-refractivity contribution < 1.29 is 19.1 Å². The number of carbonyl (C=O) groups is 1. The Morgan fingerprint density at radius 1 is 1.04 bits per heavy atom. The van der Waals surface area contributed by atoms with E-state index in [0.717, 1.165) is 18.2 Å². The second-order valence-electron chi connectivity index (χ2n) is 5.78. The van der Waals surface area contributed by atoms with Gasteiger partial charge in [-0.25, -0.2) is 0 Å². The third kappa shape index (κ3) is 3.98. The van der Waals surface area contributed by atoms with E-state index in [1.807, 2.05) is 18.2 Å². The third-order valence-electron chi connectivity index (χ3n) is 3.78. The number of nitro groups is 2. The van der Waals surface area contributed by atoms with E-state index >= 15 is 0 Å². The zero-order chi connectivity index (χ0) is 20.3. The minimum atomic E-state index is -0.798. The molecular formula is C17H13N5O6. The zero-order valence-electron chi connectivity index (χ0n) is 14.5. The Balaban J connectivity index is 1.81. The molecule has 1 amide bonds. The Kier molecular flexibility index (Phi) is 5.07. The standard InChI is InChI=1S/C17H13N5O6/c1-20(10-15-18-19-16(28-15)11-5-3-2-4-6-11)17(23)12-7-13(21(24)25)9-14(8-12)22(26)27/h2-9H,10H2,1H3. The van der Waals surface area contributed by atoms with Crippen molar-refractivity contribution in [1.29, 1.82) is 0 Å². The Hall–Kier alpha value is -4.15. The first-order valence-electron chi connectivity index (χ1n) is 7.92. The van der Waals surface area contributed by atoms with Gasteiger partial charge in [0.1, 0.15) is 0 Å². The number of hydrogen-bond acceptors (Lipinski definition) is 8. The number of aromatic nitrogens is 2. The van der Waals surface area contributed by atoms with Crippen LogP contribution in [0.5, 0.6) is 0 Å². The maximum atomic E-state index is 12.6. The number of amides is 1. The highest BCUT2D eigenvalue weighted by atomic mass is 16.6. The van der Waals surface area contributed by atoms with Gasteiger partial charge in [0.15, 0.2) is 0 Å². The van der Waals surface area contributed by atoms with Gasteiger partial charge in [-0.3, -0.25) is 25.0 Å². The van der Waals surface area contributed by atoms with Gasteiger partial charge in [0, 0.05) is 24.7 Å². The highest BCUT2D eigenvalue weighted by molar-refractivity contribution is 5.95. The summed E-state index contributed by atoms with van der Waals surface area (Å²) < 4.78 is 5.52. The van der Waals surface area contributed by atoms with Crippen molar-refractivity contribution in [2.45, 2.75) is 6.54 Å². The van der Waals surface area contributed by atoms with E-state index < -0.39 is 27.1 Å². The molecule has 0 spiro atoms. The predicted molar refractivity (Wildman–Crippen MR) is 95.3 cm³/mol. The van der Waals surface area contributed by atoms with E-state index in [1.165, 1.54) is 11.9 Å². The average molecular weight is 383 g/mol. The van der Waals surface area contributed by atoms with Crippen LogP contribution in [0.2, 0.25) is 0 Å². The number of carbonyl (C=O) groups excluding carboxylic acids is 1. The monoisotopic (exact) mass is 383 g/mol. The fourth-order valence-corrected chi connectivity index (χ4v) is 2.44. The summed E-state index contributed by atoms with van der Waals surface area (Å²) in [7, 11) is 1.42. The van der Waals surface area contributed by atoms with E-state index in [9.17, 15) is 25.0 Å². The quantitative estimate of drug-likeness (QED) is 0.466. The predicted octanol–water partition coefficient (Wildman–Crippen LogP) is 2.83. The summed E-state index contributed by atoms with van der Waals surface area (Å²) in [4.78, 5) is 34.1. The van der Waals surface area contributed by atoms with Crippen molar-refractivity contribution in [1.82, 2.24) is 15.1 Å². The molecule has 0 fully saturated rings. The summed E-state index contributed by atoms with van der Waals surface area (Å²) in [6.07, 6.45) is 0. The lowest BCUT2D eigenvalue weighted by atomic mass is 10.1. The maximum absolute atomic E-state index is 12.6. The van der Waals surface area contributed by atoms with Crippen LogP contribution in [0.3, 0.4) is 0 Å². The molecule has 142 valence electrons. The highest BCUT2D eigenvalue weighted by Gasteiger charge is 2.23. The first-order valence-corrected chi connectivity index (χ1v) is 7.92. The van der Waals surface area contributed by atoms with Crippen LogP contribution in [-0.4, -0.2) is 37.9 Å². The Bertz CT molecular complexity index is 1020. The van der Waals surface area contributed by atoms with Crippen molar-refractivity contribution in [3.05, 3.63) is 80.2 Å². The van der Waals surface area contributed by atoms with Crippen LogP contribution in [0.1, 0.15) is 16.2 Å². The number of nitrogens with zero attached hydrogens (tertiary/aromatic N) is 5. The number of rotatable bonds is 6. The molecule has 0 radical (unpaired) electrons.